The first-order valence-electron chi connectivity index (χ1n) is 6.57. The van der Waals surface area contributed by atoms with Crippen LogP contribution >= 0.6 is 0 Å². The second-order valence-corrected chi connectivity index (χ2v) is 5.50. The second-order valence-electron chi connectivity index (χ2n) is 5.50. The van der Waals surface area contributed by atoms with E-state index < -0.39 is 0 Å². The molecular weight excluding hydrogens is 184 g/mol. The van der Waals surface area contributed by atoms with Crippen LogP contribution in [0.5, 0.6) is 0 Å². The molecule has 0 aromatic heterocycles. The topological polar surface area (TPSA) is 15.3 Å². The molecule has 0 unspecified atom stereocenters. The largest absolute Gasteiger partial charge is 0.309 e. The normalized spacial score (nSPS) is 20.8. The zero-order valence-electron chi connectivity index (χ0n) is 11.0. The van der Waals surface area contributed by atoms with Crippen molar-refractivity contribution in [3.63, 3.8) is 0 Å². The molecule has 1 saturated heterocycles. The molecule has 0 aromatic rings. The third kappa shape index (κ3) is 4.52. The number of likely N-dealkylation sites (tertiary alicyclic amines) is 1. The fraction of sp³-hybridized carbons (Fsp3) is 1.00. The molecule has 1 rings (SSSR count). The maximum atomic E-state index is 3.78. The molecule has 1 fully saturated rings. The van der Waals surface area contributed by atoms with Crippen molar-refractivity contribution in [2.75, 3.05) is 19.6 Å². The van der Waals surface area contributed by atoms with Gasteiger partial charge in [0.1, 0.15) is 0 Å². The van der Waals surface area contributed by atoms with E-state index in [1.165, 1.54) is 45.3 Å². The Morgan fingerprint density at radius 2 is 1.80 bits per heavy atom. The molecule has 15 heavy (non-hydrogen) atoms. The Bertz CT molecular complexity index is 169. The average molecular weight is 212 g/mol. The van der Waals surface area contributed by atoms with Crippen LogP contribution in [-0.4, -0.2) is 36.1 Å². The van der Waals surface area contributed by atoms with Gasteiger partial charge in [-0.3, -0.25) is 0 Å². The summed E-state index contributed by atoms with van der Waals surface area (Å²) in [6.07, 6.45) is 5.15. The summed E-state index contributed by atoms with van der Waals surface area (Å²) in [4.78, 5) is 2.59. The Kier molecular flexibility index (Phi) is 5.07. The van der Waals surface area contributed by atoms with E-state index >= 15 is 0 Å². The van der Waals surface area contributed by atoms with Gasteiger partial charge in [-0.15, -0.1) is 0 Å². The molecule has 0 spiro atoms. The van der Waals surface area contributed by atoms with Gasteiger partial charge in [-0.2, -0.15) is 0 Å². The van der Waals surface area contributed by atoms with Crippen molar-refractivity contribution < 1.29 is 0 Å². The summed E-state index contributed by atoms with van der Waals surface area (Å²) in [5, 5.41) is 3.78. The van der Waals surface area contributed by atoms with Crippen molar-refractivity contribution in [2.24, 2.45) is 0 Å². The fourth-order valence-electron chi connectivity index (χ4n) is 2.27. The quantitative estimate of drug-likeness (QED) is 0.753. The van der Waals surface area contributed by atoms with Gasteiger partial charge in [0.25, 0.3) is 0 Å². The van der Waals surface area contributed by atoms with Crippen molar-refractivity contribution in [3.8, 4) is 0 Å². The third-order valence-corrected chi connectivity index (χ3v) is 3.61. The van der Waals surface area contributed by atoms with Gasteiger partial charge in [0.2, 0.25) is 0 Å². The SMILES string of the molecule is CCCN1CCC(NC(C)(C)CC)CC1. The van der Waals surface area contributed by atoms with E-state index in [4.69, 9.17) is 0 Å². The second kappa shape index (κ2) is 5.86. The maximum absolute atomic E-state index is 3.78. The van der Waals surface area contributed by atoms with Crippen LogP contribution in [0.25, 0.3) is 0 Å². The molecule has 0 bridgehead atoms. The summed E-state index contributed by atoms with van der Waals surface area (Å²) in [6.45, 7) is 13.0. The molecule has 2 heteroatoms. The van der Waals surface area contributed by atoms with Gasteiger partial charge in [0.05, 0.1) is 0 Å². The summed E-state index contributed by atoms with van der Waals surface area (Å²) in [5.74, 6) is 0. The van der Waals surface area contributed by atoms with Crippen LogP contribution in [0.2, 0.25) is 0 Å². The molecule has 0 saturated carbocycles. The van der Waals surface area contributed by atoms with Gasteiger partial charge in [0.15, 0.2) is 0 Å². The van der Waals surface area contributed by atoms with Crippen molar-refractivity contribution in [1.82, 2.24) is 10.2 Å². The lowest BCUT2D eigenvalue weighted by Crippen LogP contribution is -2.50. The summed E-state index contributed by atoms with van der Waals surface area (Å²) < 4.78 is 0. The predicted molar refractivity (Wildman–Crippen MR) is 67.3 cm³/mol. The van der Waals surface area contributed by atoms with E-state index in [0.717, 1.165) is 6.04 Å². The first-order valence-corrected chi connectivity index (χ1v) is 6.57. The van der Waals surface area contributed by atoms with E-state index in [-0.39, 0.29) is 0 Å². The van der Waals surface area contributed by atoms with Crippen molar-refractivity contribution in [3.05, 3.63) is 0 Å². The van der Waals surface area contributed by atoms with E-state index in [9.17, 15) is 0 Å². The Morgan fingerprint density at radius 3 is 2.27 bits per heavy atom. The molecule has 0 radical (unpaired) electrons. The van der Waals surface area contributed by atoms with Gasteiger partial charge in [-0.05, 0) is 59.2 Å². The van der Waals surface area contributed by atoms with Crippen LogP contribution in [0, 0.1) is 0 Å². The highest BCUT2D eigenvalue weighted by atomic mass is 15.1. The molecule has 1 aliphatic rings. The summed E-state index contributed by atoms with van der Waals surface area (Å²) >= 11 is 0. The van der Waals surface area contributed by atoms with Gasteiger partial charge in [-0.25, -0.2) is 0 Å². The van der Waals surface area contributed by atoms with Crippen molar-refractivity contribution >= 4 is 0 Å². The molecule has 1 N–H and O–H groups in total. The highest BCUT2D eigenvalue weighted by molar-refractivity contribution is 4.84. The van der Waals surface area contributed by atoms with E-state index in [1.54, 1.807) is 0 Å². The minimum absolute atomic E-state index is 0.317. The number of nitrogens with zero attached hydrogens (tertiary/aromatic N) is 1. The lowest BCUT2D eigenvalue weighted by molar-refractivity contribution is 0.176. The number of hydrogen-bond donors (Lipinski definition) is 1. The maximum Gasteiger partial charge on any atom is 0.0125 e. The van der Waals surface area contributed by atoms with Crippen LogP contribution in [0.4, 0.5) is 0 Å². The Hall–Kier alpha value is -0.0800. The zero-order chi connectivity index (χ0) is 11.3. The van der Waals surface area contributed by atoms with Gasteiger partial charge >= 0.3 is 0 Å². The van der Waals surface area contributed by atoms with Crippen LogP contribution in [-0.2, 0) is 0 Å². The number of rotatable bonds is 5. The van der Waals surface area contributed by atoms with Crippen LogP contribution in [0.1, 0.15) is 53.4 Å². The average Bonchev–Trinajstić information content (AvgIpc) is 2.21. The smallest absolute Gasteiger partial charge is 0.0125 e. The lowest BCUT2D eigenvalue weighted by Gasteiger charge is -2.37. The minimum Gasteiger partial charge on any atom is -0.309 e. The van der Waals surface area contributed by atoms with E-state index in [2.05, 4.69) is 37.9 Å². The van der Waals surface area contributed by atoms with Crippen LogP contribution < -0.4 is 5.32 Å². The minimum atomic E-state index is 0.317. The number of hydrogen-bond acceptors (Lipinski definition) is 2. The monoisotopic (exact) mass is 212 g/mol. The van der Waals surface area contributed by atoms with E-state index in [1.807, 2.05) is 0 Å². The Labute approximate surface area is 95.4 Å². The zero-order valence-corrected chi connectivity index (χ0v) is 11.0. The first kappa shape index (κ1) is 13.0. The highest BCUT2D eigenvalue weighted by Crippen LogP contribution is 2.16. The third-order valence-electron chi connectivity index (χ3n) is 3.61. The number of nitrogens with one attached hydrogen (secondary N) is 1. The highest BCUT2D eigenvalue weighted by Gasteiger charge is 2.23. The first-order chi connectivity index (χ1) is 7.07. The molecule has 0 aliphatic carbocycles. The summed E-state index contributed by atoms with van der Waals surface area (Å²) in [6, 6.07) is 0.744. The van der Waals surface area contributed by atoms with Crippen LogP contribution in [0.15, 0.2) is 0 Å². The molecule has 2 nitrogen and oxygen atoms in total. The lowest BCUT2D eigenvalue weighted by atomic mass is 9.96. The van der Waals surface area contributed by atoms with Crippen molar-refractivity contribution in [1.29, 1.82) is 0 Å². The fourth-order valence-corrected chi connectivity index (χ4v) is 2.27. The molecular formula is C13H28N2. The Balaban J connectivity index is 2.25. The standard InChI is InChI=1S/C13H28N2/c1-5-9-15-10-7-12(8-11-15)14-13(3,4)6-2/h12,14H,5-11H2,1-4H3. The van der Waals surface area contributed by atoms with Gasteiger partial charge in [-0.1, -0.05) is 13.8 Å². The van der Waals surface area contributed by atoms with Crippen molar-refractivity contribution in [2.45, 2.75) is 65.0 Å². The summed E-state index contributed by atoms with van der Waals surface area (Å²) in [5.41, 5.74) is 0.317. The molecule has 90 valence electrons. The van der Waals surface area contributed by atoms with Crippen LogP contribution in [0.3, 0.4) is 0 Å². The molecule has 1 aliphatic heterocycles. The van der Waals surface area contributed by atoms with E-state index in [0.29, 0.717) is 5.54 Å². The molecule has 1 heterocycles. The van der Waals surface area contributed by atoms with Gasteiger partial charge in [0, 0.05) is 11.6 Å². The van der Waals surface area contributed by atoms with Gasteiger partial charge < -0.3 is 10.2 Å². The Morgan fingerprint density at radius 1 is 1.20 bits per heavy atom. The summed E-state index contributed by atoms with van der Waals surface area (Å²) in [7, 11) is 0. The number of piperidine rings is 1. The molecule has 0 atom stereocenters. The molecule has 0 amide bonds. The molecule has 0 aromatic carbocycles. The predicted octanol–water partition coefficient (Wildman–Crippen LogP) is 2.64.